The lowest BCUT2D eigenvalue weighted by atomic mass is 10.0. The number of likely N-dealkylation sites (tertiary alicyclic amines) is 1. The molecule has 152 valence electrons. The molecule has 1 aromatic carbocycles. The van der Waals surface area contributed by atoms with Crippen LogP contribution in [0.5, 0.6) is 0 Å². The third-order valence-corrected chi connectivity index (χ3v) is 4.33. The second-order valence-electron chi connectivity index (χ2n) is 7.90. The number of carbonyl (C=O) groups is 1. The number of aliphatic imine (C=N–C) groups is 1. The van der Waals surface area contributed by atoms with Gasteiger partial charge in [0.25, 0.3) is 0 Å². The summed E-state index contributed by atoms with van der Waals surface area (Å²) in [5, 5.41) is 9.48. The number of benzene rings is 1. The highest BCUT2D eigenvalue weighted by Crippen LogP contribution is 2.13. The topological polar surface area (TPSA) is 68.8 Å². The van der Waals surface area contributed by atoms with Gasteiger partial charge in [-0.2, -0.15) is 0 Å². The van der Waals surface area contributed by atoms with Crippen molar-refractivity contribution in [3.63, 3.8) is 0 Å². The summed E-state index contributed by atoms with van der Waals surface area (Å²) in [5.41, 5.74) is 1.14. The molecule has 0 saturated carbocycles. The van der Waals surface area contributed by atoms with E-state index in [1.165, 1.54) is 5.56 Å². The molecule has 0 atom stereocenters. The SMILES string of the molecule is CN=C(NCC(=O)NC(C)(C)C)NC1CCN(Cc2ccccc2)CC1.I. The summed E-state index contributed by atoms with van der Waals surface area (Å²) in [6.07, 6.45) is 2.14. The molecular weight excluding hydrogens is 453 g/mol. The third kappa shape index (κ3) is 9.41. The van der Waals surface area contributed by atoms with E-state index in [2.05, 4.69) is 56.2 Å². The average Bonchev–Trinajstić information content (AvgIpc) is 2.59. The average molecular weight is 487 g/mol. The zero-order valence-corrected chi connectivity index (χ0v) is 19.2. The minimum Gasteiger partial charge on any atom is -0.354 e. The molecule has 0 aliphatic carbocycles. The second kappa shape index (κ2) is 11.5. The lowest BCUT2D eigenvalue weighted by Crippen LogP contribution is -2.51. The first-order chi connectivity index (χ1) is 12.4. The molecule has 1 amide bonds. The molecule has 1 saturated heterocycles. The summed E-state index contributed by atoms with van der Waals surface area (Å²) in [6.45, 7) is 9.28. The van der Waals surface area contributed by atoms with Gasteiger partial charge in [-0.05, 0) is 39.2 Å². The minimum absolute atomic E-state index is 0. The summed E-state index contributed by atoms with van der Waals surface area (Å²) in [5.74, 6) is 0.661. The van der Waals surface area contributed by atoms with Crippen molar-refractivity contribution in [3.8, 4) is 0 Å². The van der Waals surface area contributed by atoms with Crippen LogP contribution in [-0.2, 0) is 11.3 Å². The molecule has 1 aliphatic heterocycles. The zero-order valence-electron chi connectivity index (χ0n) is 16.9. The van der Waals surface area contributed by atoms with Crippen molar-refractivity contribution in [1.29, 1.82) is 0 Å². The largest absolute Gasteiger partial charge is 0.354 e. The number of halogens is 1. The Morgan fingerprint density at radius 3 is 2.37 bits per heavy atom. The molecule has 3 N–H and O–H groups in total. The van der Waals surface area contributed by atoms with E-state index in [9.17, 15) is 4.79 Å². The Labute approximate surface area is 180 Å². The Balaban J connectivity index is 0.00000364. The van der Waals surface area contributed by atoms with E-state index >= 15 is 0 Å². The maximum Gasteiger partial charge on any atom is 0.239 e. The van der Waals surface area contributed by atoms with Crippen LogP contribution in [0.15, 0.2) is 35.3 Å². The lowest BCUT2D eigenvalue weighted by Gasteiger charge is -2.33. The van der Waals surface area contributed by atoms with Crippen molar-refractivity contribution in [2.45, 2.75) is 51.7 Å². The number of guanidine groups is 1. The Kier molecular flexibility index (Phi) is 10.1. The quantitative estimate of drug-likeness (QED) is 0.339. The van der Waals surface area contributed by atoms with Crippen LogP contribution < -0.4 is 16.0 Å². The van der Waals surface area contributed by atoms with Crippen molar-refractivity contribution in [2.24, 2.45) is 4.99 Å². The number of nitrogens with zero attached hydrogens (tertiary/aromatic N) is 2. The number of hydrogen-bond donors (Lipinski definition) is 3. The number of nitrogens with one attached hydrogen (secondary N) is 3. The smallest absolute Gasteiger partial charge is 0.239 e. The van der Waals surface area contributed by atoms with Gasteiger partial charge in [-0.25, -0.2) is 0 Å². The molecule has 0 aromatic heterocycles. The van der Waals surface area contributed by atoms with Crippen LogP contribution in [0.4, 0.5) is 0 Å². The summed E-state index contributed by atoms with van der Waals surface area (Å²) in [7, 11) is 1.74. The highest BCUT2D eigenvalue weighted by Gasteiger charge is 2.20. The van der Waals surface area contributed by atoms with Gasteiger partial charge in [-0.1, -0.05) is 30.3 Å². The highest BCUT2D eigenvalue weighted by atomic mass is 127. The molecule has 1 heterocycles. The van der Waals surface area contributed by atoms with Gasteiger partial charge in [0.1, 0.15) is 0 Å². The monoisotopic (exact) mass is 487 g/mol. The van der Waals surface area contributed by atoms with Crippen LogP contribution in [0.1, 0.15) is 39.2 Å². The molecule has 27 heavy (non-hydrogen) atoms. The fourth-order valence-corrected chi connectivity index (χ4v) is 3.09. The van der Waals surface area contributed by atoms with Crippen molar-refractivity contribution < 1.29 is 4.79 Å². The lowest BCUT2D eigenvalue weighted by molar-refractivity contribution is -0.121. The number of amides is 1. The number of carbonyl (C=O) groups excluding carboxylic acids is 1. The molecule has 0 spiro atoms. The van der Waals surface area contributed by atoms with Crippen molar-refractivity contribution in [1.82, 2.24) is 20.9 Å². The van der Waals surface area contributed by atoms with E-state index in [0.29, 0.717) is 12.0 Å². The Bertz CT molecular complexity index is 592. The molecule has 2 rings (SSSR count). The molecular formula is C20H34IN5O. The molecule has 1 aromatic rings. The molecule has 0 radical (unpaired) electrons. The van der Waals surface area contributed by atoms with Crippen LogP contribution in [0.3, 0.4) is 0 Å². The third-order valence-electron chi connectivity index (χ3n) is 4.33. The van der Waals surface area contributed by atoms with Gasteiger partial charge in [0.2, 0.25) is 5.91 Å². The highest BCUT2D eigenvalue weighted by molar-refractivity contribution is 14.0. The van der Waals surface area contributed by atoms with Crippen molar-refractivity contribution >= 4 is 35.8 Å². The van der Waals surface area contributed by atoms with E-state index in [1.807, 2.05) is 20.8 Å². The molecule has 1 aliphatic rings. The van der Waals surface area contributed by atoms with Crippen molar-refractivity contribution in [3.05, 3.63) is 35.9 Å². The molecule has 1 fully saturated rings. The Hall–Kier alpha value is -1.35. The predicted molar refractivity (Wildman–Crippen MR) is 123 cm³/mol. The van der Waals surface area contributed by atoms with Crippen LogP contribution in [-0.4, -0.2) is 55.0 Å². The van der Waals surface area contributed by atoms with E-state index in [1.54, 1.807) is 7.05 Å². The summed E-state index contributed by atoms with van der Waals surface area (Å²) < 4.78 is 0. The van der Waals surface area contributed by atoms with Crippen LogP contribution in [0, 0.1) is 0 Å². The van der Waals surface area contributed by atoms with E-state index < -0.39 is 0 Å². The van der Waals surface area contributed by atoms with E-state index in [-0.39, 0.29) is 42.0 Å². The molecule has 0 bridgehead atoms. The minimum atomic E-state index is -0.221. The van der Waals surface area contributed by atoms with Gasteiger partial charge in [0.15, 0.2) is 5.96 Å². The maximum atomic E-state index is 11.9. The number of piperidine rings is 1. The van der Waals surface area contributed by atoms with Crippen LogP contribution >= 0.6 is 24.0 Å². The molecule has 0 unspecified atom stereocenters. The van der Waals surface area contributed by atoms with Gasteiger partial charge < -0.3 is 16.0 Å². The normalized spacial score (nSPS) is 16.4. The first kappa shape index (κ1) is 23.7. The first-order valence-corrected chi connectivity index (χ1v) is 9.40. The van der Waals surface area contributed by atoms with Crippen LogP contribution in [0.2, 0.25) is 0 Å². The first-order valence-electron chi connectivity index (χ1n) is 9.40. The Morgan fingerprint density at radius 1 is 1.19 bits per heavy atom. The van der Waals surface area contributed by atoms with E-state index in [0.717, 1.165) is 32.5 Å². The van der Waals surface area contributed by atoms with Gasteiger partial charge in [0.05, 0.1) is 6.54 Å². The number of hydrogen-bond acceptors (Lipinski definition) is 3. The van der Waals surface area contributed by atoms with Gasteiger partial charge in [-0.3, -0.25) is 14.7 Å². The van der Waals surface area contributed by atoms with E-state index in [4.69, 9.17) is 0 Å². The summed E-state index contributed by atoms with van der Waals surface area (Å²) in [6, 6.07) is 11.0. The van der Waals surface area contributed by atoms with Crippen molar-refractivity contribution in [2.75, 3.05) is 26.7 Å². The zero-order chi connectivity index (χ0) is 19.0. The van der Waals surface area contributed by atoms with Crippen LogP contribution in [0.25, 0.3) is 0 Å². The van der Waals surface area contributed by atoms with Gasteiger partial charge in [0, 0.05) is 38.3 Å². The molecule has 7 heteroatoms. The number of rotatable bonds is 5. The standard InChI is InChI=1S/C20H33N5O.HI/c1-20(2,3)24-18(26)14-22-19(21-4)23-17-10-12-25(13-11-17)15-16-8-6-5-7-9-16;/h5-9,17H,10-15H2,1-4H3,(H,24,26)(H2,21,22,23);1H. The fourth-order valence-electron chi connectivity index (χ4n) is 3.09. The summed E-state index contributed by atoms with van der Waals surface area (Å²) in [4.78, 5) is 18.6. The fraction of sp³-hybridized carbons (Fsp3) is 0.600. The van der Waals surface area contributed by atoms with Gasteiger partial charge in [-0.15, -0.1) is 24.0 Å². The Morgan fingerprint density at radius 2 is 1.81 bits per heavy atom. The summed E-state index contributed by atoms with van der Waals surface area (Å²) >= 11 is 0. The molecule has 6 nitrogen and oxygen atoms in total. The predicted octanol–water partition coefficient (Wildman–Crippen LogP) is 2.35. The maximum absolute atomic E-state index is 11.9. The van der Waals surface area contributed by atoms with Gasteiger partial charge >= 0.3 is 0 Å². The second-order valence-corrected chi connectivity index (χ2v) is 7.90.